The van der Waals surface area contributed by atoms with Gasteiger partial charge in [-0.2, -0.15) is 5.10 Å². The van der Waals surface area contributed by atoms with Crippen molar-refractivity contribution in [3.05, 3.63) is 83.0 Å². The second-order valence-electron chi connectivity index (χ2n) is 7.29. The molecule has 0 aliphatic rings. The number of aromatic nitrogens is 3. The van der Waals surface area contributed by atoms with Crippen molar-refractivity contribution >= 4 is 22.6 Å². The molecule has 0 aliphatic heterocycles. The van der Waals surface area contributed by atoms with E-state index in [1.807, 2.05) is 0 Å². The molecule has 0 radical (unpaired) electrons. The van der Waals surface area contributed by atoms with Crippen molar-refractivity contribution in [2.45, 2.75) is 13.5 Å². The predicted octanol–water partition coefficient (Wildman–Crippen LogP) is 5.12. The molecular weight excluding hydrogens is 428 g/mol. The number of rotatable bonds is 6. The molecule has 7 nitrogen and oxygen atoms in total. The molecule has 9 heteroatoms. The number of benzene rings is 2. The second-order valence-corrected chi connectivity index (χ2v) is 7.29. The van der Waals surface area contributed by atoms with E-state index in [9.17, 15) is 9.18 Å². The number of carbonyl (C=O) groups excluding carboxylic acids is 1. The van der Waals surface area contributed by atoms with Gasteiger partial charge in [0.2, 0.25) is 0 Å². The maximum Gasteiger partial charge on any atom is 0.280 e. The summed E-state index contributed by atoms with van der Waals surface area (Å²) in [6.45, 7) is 9.19. The monoisotopic (exact) mass is 447 g/mol. The highest BCUT2D eigenvalue weighted by molar-refractivity contribution is 5.96. The lowest BCUT2D eigenvalue weighted by atomic mass is 10.0. The maximum atomic E-state index is 15.4. The molecule has 0 bridgehead atoms. The summed E-state index contributed by atoms with van der Waals surface area (Å²) in [5.41, 5.74) is 1.84. The number of nitrogens with zero attached hydrogens (tertiary/aromatic N) is 4. The lowest BCUT2D eigenvalue weighted by Crippen LogP contribution is -2.27. The third kappa shape index (κ3) is 4.11. The number of amides is 1. The van der Waals surface area contributed by atoms with Crippen molar-refractivity contribution in [1.29, 1.82) is 0 Å². The van der Waals surface area contributed by atoms with Gasteiger partial charge in [0.1, 0.15) is 12.0 Å². The third-order valence-corrected chi connectivity index (χ3v) is 5.16. The minimum Gasteiger partial charge on any atom is -0.490 e. The summed E-state index contributed by atoms with van der Waals surface area (Å²) < 4.78 is 34.6. The number of hydrogen-bond acceptors (Lipinski definition) is 4. The van der Waals surface area contributed by atoms with E-state index in [2.05, 4.69) is 20.0 Å². The molecule has 2 heterocycles. The number of aromatic amines is 1. The first-order valence-electron chi connectivity index (χ1n) is 10.1. The average Bonchev–Trinajstić information content (AvgIpc) is 3.31. The van der Waals surface area contributed by atoms with Crippen LogP contribution in [0.5, 0.6) is 5.75 Å². The molecule has 0 unspecified atom stereocenters. The summed E-state index contributed by atoms with van der Waals surface area (Å²) in [6.07, 6.45) is 2.99. The highest BCUT2D eigenvalue weighted by Crippen LogP contribution is 2.35. The van der Waals surface area contributed by atoms with Crippen molar-refractivity contribution in [3.8, 4) is 16.9 Å². The fraction of sp³-hybridized carbons (Fsp3) is 0.167. The molecule has 166 valence electrons. The van der Waals surface area contributed by atoms with Crippen LogP contribution < -0.4 is 4.74 Å². The number of ether oxygens (including phenoxy) is 1. The van der Waals surface area contributed by atoms with Crippen LogP contribution in [0.3, 0.4) is 0 Å². The lowest BCUT2D eigenvalue weighted by Gasteiger charge is -2.19. The standard InChI is InChI=1S/C24H19F2N5O2/c1-4-33-22-17(14-6-5-7-16(25)10-14)8-9-18(20(22)26)24(32)31(3)13-15-11-28-23(27-2)19-12-29-30-21(15)19/h5-12H,4,13H2,1,3H3,(H,29,30). The molecular formula is C24H19F2N5O2. The fourth-order valence-corrected chi connectivity index (χ4v) is 3.61. The zero-order chi connectivity index (χ0) is 23.5. The Hall–Kier alpha value is -4.32. The van der Waals surface area contributed by atoms with E-state index in [-0.39, 0.29) is 30.3 Å². The summed E-state index contributed by atoms with van der Waals surface area (Å²) in [5.74, 6) is -1.75. The summed E-state index contributed by atoms with van der Waals surface area (Å²) in [5, 5.41) is 7.32. The molecule has 0 saturated heterocycles. The highest BCUT2D eigenvalue weighted by Gasteiger charge is 2.24. The Kier molecular flexibility index (Phi) is 6.00. The lowest BCUT2D eigenvalue weighted by molar-refractivity contribution is 0.0780. The Morgan fingerprint density at radius 1 is 1.24 bits per heavy atom. The van der Waals surface area contributed by atoms with Gasteiger partial charge in [0.05, 0.1) is 24.2 Å². The van der Waals surface area contributed by atoms with Gasteiger partial charge in [-0.25, -0.2) is 8.78 Å². The van der Waals surface area contributed by atoms with Crippen molar-refractivity contribution in [1.82, 2.24) is 20.1 Å². The van der Waals surface area contributed by atoms with Gasteiger partial charge in [-0.3, -0.25) is 9.89 Å². The first-order chi connectivity index (χ1) is 15.9. The van der Waals surface area contributed by atoms with Crippen LogP contribution >= 0.6 is 0 Å². The summed E-state index contributed by atoms with van der Waals surface area (Å²) in [4.78, 5) is 21.9. The first-order valence-corrected chi connectivity index (χ1v) is 10.1. The van der Waals surface area contributed by atoms with Crippen LogP contribution in [0.25, 0.3) is 26.9 Å². The Morgan fingerprint density at radius 2 is 2.06 bits per heavy atom. The zero-order valence-corrected chi connectivity index (χ0v) is 17.9. The number of hydrogen-bond donors (Lipinski definition) is 1. The molecule has 1 amide bonds. The number of halogens is 2. The van der Waals surface area contributed by atoms with Crippen LogP contribution in [0.2, 0.25) is 0 Å². The number of H-pyrrole nitrogens is 1. The Labute approximate surface area is 188 Å². The quantitative estimate of drug-likeness (QED) is 0.416. The number of carbonyl (C=O) groups is 1. The summed E-state index contributed by atoms with van der Waals surface area (Å²) in [7, 11) is 1.54. The maximum absolute atomic E-state index is 15.4. The van der Waals surface area contributed by atoms with Crippen LogP contribution in [0.1, 0.15) is 22.8 Å². The van der Waals surface area contributed by atoms with Crippen LogP contribution in [-0.2, 0) is 6.54 Å². The topological polar surface area (TPSA) is 75.5 Å². The SMILES string of the molecule is [C-]#[N+]c1ncc(CN(C)C(=O)c2ccc(-c3cccc(F)c3)c(OCC)c2F)c2[nH]ncc12. The van der Waals surface area contributed by atoms with Gasteiger partial charge < -0.3 is 14.5 Å². The molecule has 0 atom stereocenters. The van der Waals surface area contributed by atoms with Crippen molar-refractivity contribution in [2.75, 3.05) is 13.7 Å². The molecule has 4 rings (SSSR count). The van der Waals surface area contributed by atoms with Crippen LogP contribution in [0, 0.1) is 18.2 Å². The smallest absolute Gasteiger partial charge is 0.280 e. The largest absolute Gasteiger partial charge is 0.490 e. The second kappa shape index (κ2) is 9.04. The van der Waals surface area contributed by atoms with Gasteiger partial charge in [0, 0.05) is 29.8 Å². The van der Waals surface area contributed by atoms with Crippen molar-refractivity contribution in [2.24, 2.45) is 0 Å². The van der Waals surface area contributed by atoms with Gasteiger partial charge in [-0.15, -0.1) is 4.98 Å². The van der Waals surface area contributed by atoms with E-state index in [1.54, 1.807) is 19.1 Å². The minimum atomic E-state index is -0.816. The summed E-state index contributed by atoms with van der Waals surface area (Å²) in [6, 6.07) is 8.65. The molecule has 0 saturated carbocycles. The van der Waals surface area contributed by atoms with E-state index in [4.69, 9.17) is 11.3 Å². The van der Waals surface area contributed by atoms with E-state index < -0.39 is 17.5 Å². The number of fused-ring (bicyclic) bond motifs is 1. The van der Waals surface area contributed by atoms with Crippen LogP contribution in [0.4, 0.5) is 14.6 Å². The Morgan fingerprint density at radius 3 is 2.79 bits per heavy atom. The third-order valence-electron chi connectivity index (χ3n) is 5.16. The molecule has 33 heavy (non-hydrogen) atoms. The van der Waals surface area contributed by atoms with E-state index >= 15 is 4.39 Å². The Bertz CT molecular complexity index is 1390. The average molecular weight is 447 g/mol. The fourth-order valence-electron chi connectivity index (χ4n) is 3.61. The molecule has 4 aromatic rings. The first kappa shape index (κ1) is 21.9. The minimum absolute atomic E-state index is 0.109. The van der Waals surface area contributed by atoms with Crippen LogP contribution in [-0.4, -0.2) is 39.6 Å². The summed E-state index contributed by atoms with van der Waals surface area (Å²) >= 11 is 0. The zero-order valence-electron chi connectivity index (χ0n) is 17.9. The van der Waals surface area contributed by atoms with Gasteiger partial charge in [0.25, 0.3) is 11.7 Å². The van der Waals surface area contributed by atoms with E-state index in [0.717, 1.165) is 0 Å². The predicted molar refractivity (Wildman–Crippen MR) is 119 cm³/mol. The van der Waals surface area contributed by atoms with Crippen molar-refractivity contribution < 1.29 is 18.3 Å². The molecule has 0 spiro atoms. The normalized spacial score (nSPS) is 10.8. The van der Waals surface area contributed by atoms with E-state index in [0.29, 0.717) is 27.6 Å². The van der Waals surface area contributed by atoms with Crippen molar-refractivity contribution in [3.63, 3.8) is 0 Å². The molecule has 0 aliphatic carbocycles. The van der Waals surface area contributed by atoms with E-state index in [1.165, 1.54) is 48.6 Å². The number of nitrogens with one attached hydrogen (secondary N) is 1. The number of pyridine rings is 1. The Balaban J connectivity index is 1.68. The molecule has 2 aromatic carbocycles. The molecule has 2 aromatic heterocycles. The van der Waals surface area contributed by atoms with Gasteiger partial charge in [-0.05, 0) is 36.8 Å². The van der Waals surface area contributed by atoms with Gasteiger partial charge in [-0.1, -0.05) is 18.7 Å². The van der Waals surface area contributed by atoms with Crippen LogP contribution in [0.15, 0.2) is 48.8 Å². The molecule has 0 fully saturated rings. The molecule has 1 N–H and O–H groups in total. The highest BCUT2D eigenvalue weighted by atomic mass is 19.1. The van der Waals surface area contributed by atoms with Gasteiger partial charge >= 0.3 is 0 Å². The van der Waals surface area contributed by atoms with Gasteiger partial charge in [0.15, 0.2) is 11.6 Å².